The molecule has 7 nitrogen and oxygen atoms in total. The Morgan fingerprint density at radius 2 is 1.89 bits per heavy atom. The van der Waals surface area contributed by atoms with Crippen molar-refractivity contribution < 1.29 is 14.1 Å². The summed E-state index contributed by atoms with van der Waals surface area (Å²) in [6, 6.07) is 17.6. The summed E-state index contributed by atoms with van der Waals surface area (Å²) in [6.45, 7) is 1.10. The SMILES string of the molecule is O=C(CN(Cc1ccccc1)Cc1ccco1)Nc1ccc(Cl)c([N+](=O)[O-])c1. The van der Waals surface area contributed by atoms with E-state index in [1.54, 1.807) is 12.3 Å². The van der Waals surface area contributed by atoms with E-state index in [9.17, 15) is 14.9 Å². The maximum atomic E-state index is 12.5. The van der Waals surface area contributed by atoms with Gasteiger partial charge in [-0.05, 0) is 29.8 Å². The largest absolute Gasteiger partial charge is 0.468 e. The summed E-state index contributed by atoms with van der Waals surface area (Å²) in [6.07, 6.45) is 1.59. The molecule has 0 saturated carbocycles. The maximum absolute atomic E-state index is 12.5. The smallest absolute Gasteiger partial charge is 0.289 e. The average molecular weight is 400 g/mol. The molecule has 0 saturated heterocycles. The van der Waals surface area contributed by atoms with Gasteiger partial charge in [0.15, 0.2) is 0 Å². The zero-order chi connectivity index (χ0) is 19.9. The van der Waals surface area contributed by atoms with Gasteiger partial charge in [-0.25, -0.2) is 0 Å². The molecule has 0 spiro atoms. The van der Waals surface area contributed by atoms with Crippen molar-refractivity contribution in [2.75, 3.05) is 11.9 Å². The minimum atomic E-state index is -0.587. The number of carbonyl (C=O) groups is 1. The standard InChI is InChI=1S/C20H18ClN3O4/c21-18-9-8-16(11-19(18)24(26)27)22-20(25)14-23(13-17-7-4-10-28-17)12-15-5-2-1-3-6-15/h1-11H,12-14H2,(H,22,25). The Kier molecular flexibility index (Phi) is 6.41. The molecule has 1 aromatic heterocycles. The lowest BCUT2D eigenvalue weighted by Crippen LogP contribution is -2.32. The monoisotopic (exact) mass is 399 g/mol. The average Bonchev–Trinajstić information content (AvgIpc) is 3.17. The number of hydrogen-bond acceptors (Lipinski definition) is 5. The van der Waals surface area contributed by atoms with E-state index in [1.165, 1.54) is 18.2 Å². The van der Waals surface area contributed by atoms with Crippen LogP contribution in [0.25, 0.3) is 0 Å². The Morgan fingerprint density at radius 1 is 1.11 bits per heavy atom. The molecule has 144 valence electrons. The molecule has 0 aliphatic rings. The first-order valence-electron chi connectivity index (χ1n) is 8.54. The first-order chi connectivity index (χ1) is 13.5. The van der Waals surface area contributed by atoms with Crippen molar-refractivity contribution in [1.82, 2.24) is 4.90 Å². The fourth-order valence-corrected chi connectivity index (χ4v) is 2.95. The van der Waals surface area contributed by atoms with Crippen LogP contribution in [0.1, 0.15) is 11.3 Å². The first-order valence-corrected chi connectivity index (χ1v) is 8.91. The molecular formula is C20H18ClN3O4. The second-order valence-corrected chi connectivity index (χ2v) is 6.59. The fourth-order valence-electron chi connectivity index (χ4n) is 2.77. The van der Waals surface area contributed by atoms with E-state index < -0.39 is 4.92 Å². The highest BCUT2D eigenvalue weighted by atomic mass is 35.5. The van der Waals surface area contributed by atoms with Crippen LogP contribution in [-0.2, 0) is 17.9 Å². The Bertz CT molecular complexity index is 945. The van der Waals surface area contributed by atoms with Crippen molar-refractivity contribution in [3.63, 3.8) is 0 Å². The summed E-state index contributed by atoms with van der Waals surface area (Å²) in [4.78, 5) is 24.9. The lowest BCUT2D eigenvalue weighted by Gasteiger charge is -2.21. The van der Waals surface area contributed by atoms with Crippen LogP contribution >= 0.6 is 11.6 Å². The molecule has 1 N–H and O–H groups in total. The summed E-state index contributed by atoms with van der Waals surface area (Å²) in [5.41, 5.74) is 1.12. The second kappa shape index (κ2) is 9.16. The van der Waals surface area contributed by atoms with E-state index in [0.29, 0.717) is 18.8 Å². The van der Waals surface area contributed by atoms with Gasteiger partial charge in [0.1, 0.15) is 10.8 Å². The Labute approximate surface area is 166 Å². The van der Waals surface area contributed by atoms with Crippen molar-refractivity contribution >= 4 is 28.9 Å². The molecule has 3 rings (SSSR count). The zero-order valence-corrected chi connectivity index (χ0v) is 15.6. The van der Waals surface area contributed by atoms with Crippen molar-refractivity contribution in [2.45, 2.75) is 13.1 Å². The third kappa shape index (κ3) is 5.42. The number of benzene rings is 2. The Morgan fingerprint density at radius 3 is 2.57 bits per heavy atom. The Hall–Kier alpha value is -3.16. The van der Waals surface area contributed by atoms with E-state index in [1.807, 2.05) is 41.3 Å². The lowest BCUT2D eigenvalue weighted by atomic mass is 10.2. The van der Waals surface area contributed by atoms with E-state index in [2.05, 4.69) is 5.32 Å². The highest BCUT2D eigenvalue weighted by Gasteiger charge is 2.16. The number of anilines is 1. The first kappa shape index (κ1) is 19.6. The normalized spacial score (nSPS) is 10.8. The molecule has 1 amide bonds. The molecule has 0 aliphatic carbocycles. The van der Waals surface area contributed by atoms with Crippen molar-refractivity contribution in [3.05, 3.63) is 93.4 Å². The number of carbonyl (C=O) groups excluding carboxylic acids is 1. The quantitative estimate of drug-likeness (QED) is 0.445. The van der Waals surface area contributed by atoms with E-state index in [4.69, 9.17) is 16.0 Å². The van der Waals surface area contributed by atoms with Gasteiger partial charge in [0.25, 0.3) is 5.69 Å². The van der Waals surface area contributed by atoms with Gasteiger partial charge < -0.3 is 9.73 Å². The third-order valence-electron chi connectivity index (χ3n) is 4.00. The number of hydrogen-bond donors (Lipinski definition) is 1. The predicted octanol–water partition coefficient (Wildman–Crippen LogP) is 4.48. The van der Waals surface area contributed by atoms with Crippen molar-refractivity contribution in [1.29, 1.82) is 0 Å². The van der Waals surface area contributed by atoms with Gasteiger partial charge in [-0.15, -0.1) is 0 Å². The molecule has 1 heterocycles. The molecular weight excluding hydrogens is 382 g/mol. The summed E-state index contributed by atoms with van der Waals surface area (Å²) in [5.74, 6) is 0.449. The molecule has 3 aromatic rings. The summed E-state index contributed by atoms with van der Waals surface area (Å²) >= 11 is 5.81. The minimum Gasteiger partial charge on any atom is -0.468 e. The van der Waals surface area contributed by atoms with E-state index in [0.717, 1.165) is 11.3 Å². The van der Waals surface area contributed by atoms with Crippen LogP contribution in [0.15, 0.2) is 71.3 Å². The van der Waals surface area contributed by atoms with Crippen molar-refractivity contribution in [3.8, 4) is 0 Å². The number of nitro benzene ring substituents is 1. The topological polar surface area (TPSA) is 88.6 Å². The molecule has 2 aromatic carbocycles. The van der Waals surface area contributed by atoms with Crippen LogP contribution in [0.5, 0.6) is 0 Å². The Balaban J connectivity index is 1.70. The van der Waals surface area contributed by atoms with Crippen molar-refractivity contribution in [2.24, 2.45) is 0 Å². The number of nitro groups is 1. The maximum Gasteiger partial charge on any atom is 0.289 e. The molecule has 0 fully saturated rings. The number of nitrogens with one attached hydrogen (secondary N) is 1. The number of furan rings is 1. The van der Waals surface area contributed by atoms with E-state index >= 15 is 0 Å². The number of amides is 1. The lowest BCUT2D eigenvalue weighted by molar-refractivity contribution is -0.384. The van der Waals surface area contributed by atoms with Crippen LogP contribution in [0.2, 0.25) is 5.02 Å². The molecule has 0 atom stereocenters. The van der Waals surface area contributed by atoms with Crippen LogP contribution < -0.4 is 5.32 Å². The predicted molar refractivity (Wildman–Crippen MR) is 106 cm³/mol. The van der Waals surface area contributed by atoms with Gasteiger partial charge in [-0.3, -0.25) is 19.8 Å². The fraction of sp³-hybridized carbons (Fsp3) is 0.150. The summed E-state index contributed by atoms with van der Waals surface area (Å²) < 4.78 is 5.39. The highest BCUT2D eigenvalue weighted by molar-refractivity contribution is 6.32. The van der Waals surface area contributed by atoms with E-state index in [-0.39, 0.29) is 23.2 Å². The van der Waals surface area contributed by atoms with Crippen LogP contribution in [0, 0.1) is 10.1 Å². The van der Waals surface area contributed by atoms with Gasteiger partial charge in [0.05, 0.1) is 24.3 Å². The van der Waals surface area contributed by atoms with Crippen LogP contribution in [-0.4, -0.2) is 22.3 Å². The summed E-state index contributed by atoms with van der Waals surface area (Å²) in [7, 11) is 0. The van der Waals surface area contributed by atoms with Gasteiger partial charge in [0.2, 0.25) is 5.91 Å². The summed E-state index contributed by atoms with van der Waals surface area (Å²) in [5, 5.41) is 13.7. The highest BCUT2D eigenvalue weighted by Crippen LogP contribution is 2.27. The molecule has 0 unspecified atom stereocenters. The molecule has 8 heteroatoms. The third-order valence-corrected chi connectivity index (χ3v) is 4.32. The van der Waals surface area contributed by atoms with Gasteiger partial charge >= 0.3 is 0 Å². The zero-order valence-electron chi connectivity index (χ0n) is 14.9. The molecule has 0 radical (unpaired) electrons. The number of rotatable bonds is 8. The van der Waals surface area contributed by atoms with Gasteiger partial charge in [-0.2, -0.15) is 0 Å². The second-order valence-electron chi connectivity index (χ2n) is 6.18. The molecule has 28 heavy (non-hydrogen) atoms. The molecule has 0 bridgehead atoms. The van der Waals surface area contributed by atoms with Gasteiger partial charge in [-0.1, -0.05) is 41.9 Å². The van der Waals surface area contributed by atoms with Crippen LogP contribution in [0.4, 0.5) is 11.4 Å². The number of halogens is 1. The van der Waals surface area contributed by atoms with Crippen LogP contribution in [0.3, 0.4) is 0 Å². The van der Waals surface area contributed by atoms with Gasteiger partial charge in [0, 0.05) is 18.3 Å². The molecule has 0 aliphatic heterocycles. The number of nitrogens with zero attached hydrogens (tertiary/aromatic N) is 2. The minimum absolute atomic E-state index is 0.0199.